The standard InChI is InChI=1S/C11H21NO2/c1-8-6-5-7-10(2,3)11(8,12)9(13)14-4/h8H,5-7,12H2,1-4H3. The lowest BCUT2D eigenvalue weighted by Crippen LogP contribution is -2.65. The zero-order valence-electron chi connectivity index (χ0n) is 9.59. The molecule has 0 aliphatic heterocycles. The van der Waals surface area contributed by atoms with Crippen LogP contribution < -0.4 is 5.73 Å². The van der Waals surface area contributed by atoms with Crippen molar-refractivity contribution in [2.24, 2.45) is 17.1 Å². The molecule has 1 fully saturated rings. The van der Waals surface area contributed by atoms with Crippen molar-refractivity contribution >= 4 is 5.97 Å². The highest BCUT2D eigenvalue weighted by Crippen LogP contribution is 2.45. The third kappa shape index (κ3) is 1.44. The Morgan fingerprint density at radius 2 is 2.07 bits per heavy atom. The summed E-state index contributed by atoms with van der Waals surface area (Å²) < 4.78 is 4.83. The quantitative estimate of drug-likeness (QED) is 0.654. The third-order valence-corrected chi connectivity index (χ3v) is 3.86. The van der Waals surface area contributed by atoms with E-state index in [0.717, 1.165) is 19.3 Å². The number of carbonyl (C=O) groups is 1. The fourth-order valence-corrected chi connectivity index (χ4v) is 2.60. The summed E-state index contributed by atoms with van der Waals surface area (Å²) in [4.78, 5) is 11.8. The van der Waals surface area contributed by atoms with Crippen LogP contribution in [0.4, 0.5) is 0 Å². The van der Waals surface area contributed by atoms with E-state index in [-0.39, 0.29) is 17.3 Å². The highest BCUT2D eigenvalue weighted by molar-refractivity contribution is 5.82. The monoisotopic (exact) mass is 199 g/mol. The molecule has 2 atom stereocenters. The predicted molar refractivity (Wildman–Crippen MR) is 55.7 cm³/mol. The summed E-state index contributed by atoms with van der Waals surface area (Å²) in [6.45, 7) is 6.15. The lowest BCUT2D eigenvalue weighted by Gasteiger charge is -2.49. The molecule has 0 aromatic carbocycles. The van der Waals surface area contributed by atoms with Gasteiger partial charge in [0.1, 0.15) is 5.54 Å². The molecule has 0 spiro atoms. The molecule has 1 aliphatic rings. The van der Waals surface area contributed by atoms with Gasteiger partial charge < -0.3 is 10.5 Å². The van der Waals surface area contributed by atoms with Crippen molar-refractivity contribution in [2.75, 3.05) is 7.11 Å². The molecular formula is C11H21NO2. The van der Waals surface area contributed by atoms with E-state index in [2.05, 4.69) is 13.8 Å². The summed E-state index contributed by atoms with van der Waals surface area (Å²) in [5, 5.41) is 0. The van der Waals surface area contributed by atoms with E-state index >= 15 is 0 Å². The number of hydrogen-bond acceptors (Lipinski definition) is 3. The maximum atomic E-state index is 11.8. The van der Waals surface area contributed by atoms with Gasteiger partial charge in [-0.15, -0.1) is 0 Å². The van der Waals surface area contributed by atoms with Gasteiger partial charge in [0.15, 0.2) is 0 Å². The van der Waals surface area contributed by atoms with Crippen LogP contribution in [0.5, 0.6) is 0 Å². The minimum atomic E-state index is -0.819. The Balaban J connectivity index is 3.05. The molecule has 3 heteroatoms. The van der Waals surface area contributed by atoms with E-state index in [1.807, 2.05) is 6.92 Å². The van der Waals surface area contributed by atoms with Crippen molar-refractivity contribution < 1.29 is 9.53 Å². The van der Waals surface area contributed by atoms with Gasteiger partial charge in [-0.3, -0.25) is 4.79 Å². The van der Waals surface area contributed by atoms with Crippen LogP contribution >= 0.6 is 0 Å². The first-order valence-electron chi connectivity index (χ1n) is 5.23. The first-order chi connectivity index (χ1) is 6.36. The van der Waals surface area contributed by atoms with Gasteiger partial charge in [0.25, 0.3) is 0 Å². The molecular weight excluding hydrogens is 178 g/mol. The summed E-state index contributed by atoms with van der Waals surface area (Å²) in [6, 6.07) is 0. The van der Waals surface area contributed by atoms with E-state index < -0.39 is 5.54 Å². The summed E-state index contributed by atoms with van der Waals surface area (Å²) in [6.07, 6.45) is 3.14. The van der Waals surface area contributed by atoms with Gasteiger partial charge in [-0.1, -0.05) is 27.2 Å². The van der Waals surface area contributed by atoms with E-state index in [0.29, 0.717) is 0 Å². The second kappa shape index (κ2) is 3.54. The van der Waals surface area contributed by atoms with E-state index in [4.69, 9.17) is 10.5 Å². The molecule has 2 unspecified atom stereocenters. The number of rotatable bonds is 1. The molecule has 0 bridgehead atoms. The van der Waals surface area contributed by atoms with Gasteiger partial charge in [-0.2, -0.15) is 0 Å². The third-order valence-electron chi connectivity index (χ3n) is 3.86. The molecule has 0 heterocycles. The normalized spacial score (nSPS) is 36.5. The minimum Gasteiger partial charge on any atom is -0.468 e. The first-order valence-corrected chi connectivity index (χ1v) is 5.23. The van der Waals surface area contributed by atoms with Gasteiger partial charge in [0.2, 0.25) is 0 Å². The second-order valence-electron chi connectivity index (χ2n) is 5.04. The molecule has 0 aromatic heterocycles. The molecule has 1 saturated carbocycles. The SMILES string of the molecule is COC(=O)C1(N)C(C)CCCC1(C)C. The number of esters is 1. The highest BCUT2D eigenvalue weighted by Gasteiger charge is 2.54. The topological polar surface area (TPSA) is 52.3 Å². The highest BCUT2D eigenvalue weighted by atomic mass is 16.5. The van der Waals surface area contributed by atoms with Crippen molar-refractivity contribution in [3.8, 4) is 0 Å². The van der Waals surface area contributed by atoms with Crippen molar-refractivity contribution in [1.82, 2.24) is 0 Å². The molecule has 1 aliphatic carbocycles. The van der Waals surface area contributed by atoms with Crippen LogP contribution in [0.2, 0.25) is 0 Å². The average molecular weight is 199 g/mol. The van der Waals surface area contributed by atoms with E-state index in [1.165, 1.54) is 7.11 Å². The maximum absolute atomic E-state index is 11.8. The van der Waals surface area contributed by atoms with Gasteiger partial charge in [-0.25, -0.2) is 0 Å². The maximum Gasteiger partial charge on any atom is 0.326 e. The average Bonchev–Trinajstić information content (AvgIpc) is 2.12. The van der Waals surface area contributed by atoms with Crippen LogP contribution in [-0.4, -0.2) is 18.6 Å². The summed E-state index contributed by atoms with van der Waals surface area (Å²) >= 11 is 0. The Labute approximate surface area is 86.0 Å². The van der Waals surface area contributed by atoms with Gasteiger partial charge in [0.05, 0.1) is 7.11 Å². The van der Waals surface area contributed by atoms with Crippen molar-refractivity contribution in [1.29, 1.82) is 0 Å². The zero-order valence-corrected chi connectivity index (χ0v) is 9.59. The Morgan fingerprint density at radius 3 is 2.50 bits per heavy atom. The van der Waals surface area contributed by atoms with Gasteiger partial charge in [-0.05, 0) is 24.2 Å². The first kappa shape index (κ1) is 11.5. The Kier molecular flexibility index (Phi) is 2.91. The fourth-order valence-electron chi connectivity index (χ4n) is 2.60. The molecule has 82 valence electrons. The number of hydrogen-bond donors (Lipinski definition) is 1. The van der Waals surface area contributed by atoms with Crippen molar-refractivity contribution in [3.63, 3.8) is 0 Å². The number of ether oxygens (including phenoxy) is 1. The lowest BCUT2D eigenvalue weighted by molar-refractivity contribution is -0.157. The van der Waals surface area contributed by atoms with Gasteiger partial charge >= 0.3 is 5.97 Å². The Bertz CT molecular complexity index is 237. The van der Waals surface area contributed by atoms with E-state index in [1.54, 1.807) is 0 Å². The molecule has 0 amide bonds. The Morgan fingerprint density at radius 1 is 1.50 bits per heavy atom. The molecule has 3 nitrogen and oxygen atoms in total. The van der Waals surface area contributed by atoms with Crippen LogP contribution in [0, 0.1) is 11.3 Å². The van der Waals surface area contributed by atoms with Crippen LogP contribution in [0.1, 0.15) is 40.0 Å². The number of methoxy groups -OCH3 is 1. The molecule has 0 radical (unpaired) electrons. The largest absolute Gasteiger partial charge is 0.468 e. The molecule has 2 N–H and O–H groups in total. The van der Waals surface area contributed by atoms with E-state index in [9.17, 15) is 4.79 Å². The molecule has 0 aromatic rings. The number of carbonyl (C=O) groups excluding carboxylic acids is 1. The summed E-state index contributed by atoms with van der Waals surface area (Å²) in [5.41, 5.74) is 5.27. The summed E-state index contributed by atoms with van der Waals surface area (Å²) in [5.74, 6) is -0.0756. The fraction of sp³-hybridized carbons (Fsp3) is 0.909. The lowest BCUT2D eigenvalue weighted by atomic mass is 9.59. The van der Waals surface area contributed by atoms with Gasteiger partial charge in [0, 0.05) is 0 Å². The Hall–Kier alpha value is -0.570. The molecule has 14 heavy (non-hydrogen) atoms. The molecule has 0 saturated heterocycles. The van der Waals surface area contributed by atoms with Crippen LogP contribution in [-0.2, 0) is 9.53 Å². The van der Waals surface area contributed by atoms with Crippen LogP contribution in [0.15, 0.2) is 0 Å². The summed E-state index contributed by atoms with van der Waals surface area (Å²) in [7, 11) is 1.41. The second-order valence-corrected chi connectivity index (χ2v) is 5.04. The number of nitrogens with two attached hydrogens (primary N) is 1. The predicted octanol–water partition coefficient (Wildman–Crippen LogP) is 1.70. The zero-order chi connectivity index (χ0) is 11.0. The minimum absolute atomic E-state index is 0.169. The smallest absolute Gasteiger partial charge is 0.326 e. The van der Waals surface area contributed by atoms with Crippen LogP contribution in [0.25, 0.3) is 0 Å². The van der Waals surface area contributed by atoms with Crippen LogP contribution in [0.3, 0.4) is 0 Å². The van der Waals surface area contributed by atoms with Crippen molar-refractivity contribution in [3.05, 3.63) is 0 Å². The molecule has 1 rings (SSSR count). The van der Waals surface area contributed by atoms with Crippen molar-refractivity contribution in [2.45, 2.75) is 45.6 Å².